The van der Waals surface area contributed by atoms with Crippen molar-refractivity contribution in [1.29, 1.82) is 0 Å². The lowest BCUT2D eigenvalue weighted by molar-refractivity contribution is 1.62. The van der Waals surface area contributed by atoms with Gasteiger partial charge < -0.3 is 0 Å². The second-order valence-electron chi connectivity index (χ2n) is 11.1. The summed E-state index contributed by atoms with van der Waals surface area (Å²) in [6, 6.07) is -21.2. The summed E-state index contributed by atoms with van der Waals surface area (Å²) >= 11 is 0. The molecule has 11 aromatic carbocycles. The average molecular weight is 632 g/mol. The Hall–Kier alpha value is -6.24. The molecular formula is C48H28. The largest absolute Gasteiger partial charge is 0.0630 e. The predicted molar refractivity (Wildman–Crippen MR) is 208 cm³/mol. The quantitative estimate of drug-likeness (QED) is 0.170. The van der Waals surface area contributed by atoms with Gasteiger partial charge in [-0.15, -0.1) is 0 Å². The van der Waals surface area contributed by atoms with E-state index in [1.54, 1.807) is 0 Å². The number of fused-ring (bicyclic) bond motifs is 1. The molecule has 0 spiro atoms. The second kappa shape index (κ2) is 9.64. The number of benzene rings is 11. The van der Waals surface area contributed by atoms with Gasteiger partial charge in [0, 0.05) is 0 Å². The van der Waals surface area contributed by atoms with Crippen LogP contribution in [0.4, 0.5) is 0 Å². The third-order valence-corrected chi connectivity index (χ3v) is 8.59. The van der Waals surface area contributed by atoms with E-state index in [-0.39, 0.29) is 43.1 Å². The fourth-order valence-corrected chi connectivity index (χ4v) is 6.49. The van der Waals surface area contributed by atoms with Gasteiger partial charge in [0.1, 0.15) is 0 Å². The van der Waals surface area contributed by atoms with Crippen LogP contribution in [-0.2, 0) is 0 Å². The normalized spacial score (nSPS) is 20.0. The molecule has 0 aliphatic heterocycles. The van der Waals surface area contributed by atoms with Crippen LogP contribution in [0, 0.1) is 0 Å². The van der Waals surface area contributed by atoms with Crippen molar-refractivity contribution in [2.24, 2.45) is 0 Å². The van der Waals surface area contributed by atoms with Crippen molar-refractivity contribution in [3.05, 3.63) is 169 Å². The van der Waals surface area contributed by atoms with Crippen LogP contribution < -0.4 is 0 Å². The molecule has 0 aliphatic carbocycles. The molecule has 0 atom stereocenters. The Morgan fingerprint density at radius 3 is 1.46 bits per heavy atom. The summed E-state index contributed by atoms with van der Waals surface area (Å²) in [5, 5.41) is -5.45. The highest BCUT2D eigenvalue weighted by molar-refractivity contribution is 6.27. The van der Waals surface area contributed by atoms with Crippen LogP contribution in [-0.4, -0.2) is 0 Å². The minimum Gasteiger partial charge on any atom is -0.0616 e. The van der Waals surface area contributed by atoms with E-state index in [0.29, 0.717) is 0 Å². The first-order chi connectivity index (χ1) is 35.1. The van der Waals surface area contributed by atoms with Crippen LogP contribution in [0.15, 0.2) is 169 Å². The first kappa shape index (κ1) is 11.2. The van der Waals surface area contributed by atoms with Crippen molar-refractivity contribution in [3.8, 4) is 33.4 Å². The minimum atomic E-state index is -1.06. The molecule has 0 nitrogen and oxygen atoms in total. The van der Waals surface area contributed by atoms with Gasteiger partial charge in [-0.05, 0) is 109 Å². The molecule has 0 saturated carbocycles. The van der Waals surface area contributed by atoms with Crippen molar-refractivity contribution >= 4 is 75.4 Å². The number of hydrogen-bond donors (Lipinski definition) is 0. The van der Waals surface area contributed by atoms with Crippen LogP contribution >= 0.6 is 0 Å². The Labute approximate surface area is 315 Å². The van der Waals surface area contributed by atoms with Crippen molar-refractivity contribution < 1.29 is 37.0 Å². The molecule has 0 aromatic heterocycles. The number of hydrogen-bond acceptors (Lipinski definition) is 0. The molecule has 0 amide bonds. The third-order valence-electron chi connectivity index (χ3n) is 8.59. The summed E-state index contributed by atoms with van der Waals surface area (Å²) in [4.78, 5) is 0. The molecule has 0 unspecified atom stereocenters. The molecule has 0 saturated heterocycles. The Balaban J connectivity index is 1.37. The zero-order valence-corrected chi connectivity index (χ0v) is 24.1. The van der Waals surface area contributed by atoms with Gasteiger partial charge in [-0.2, -0.15) is 0 Å². The van der Waals surface area contributed by atoms with Crippen LogP contribution in [0.5, 0.6) is 0 Å². The molecule has 0 heteroatoms. The zero-order chi connectivity index (χ0) is 54.8. The monoisotopic (exact) mass is 631 g/mol. The lowest BCUT2D eigenvalue weighted by Gasteiger charge is -2.18. The maximum absolute atomic E-state index is 9.77. The standard InChI is InChI=1S/C48H28/c1-2-10-39-29(5-1)19-26-42(40-25-21-37-18-16-32-7-4-9-34-23-28-43(40)48(37)45(32)34)46(39)35-13-11-30(12-14-35)38-24-20-36-17-15-31-6-3-8-33-22-27-41(38)47(36)44(31)33/h1-28H/i1D,2D,3D,4D,5D,6D,7D,8D,9D,10D,11D,12D,13D,14D,15D,16D,17D,18D,19D,20D,21D,22D,23D,24D,25D,26D,28D. The van der Waals surface area contributed by atoms with Crippen LogP contribution in [0.2, 0.25) is 0 Å². The smallest absolute Gasteiger partial charge is 0.0616 e. The molecule has 220 valence electrons. The molecule has 0 N–H and O–H groups in total. The topological polar surface area (TPSA) is 0 Å². The van der Waals surface area contributed by atoms with E-state index in [1.807, 2.05) is 0 Å². The van der Waals surface area contributed by atoms with Gasteiger partial charge in [0.2, 0.25) is 0 Å². The molecule has 0 aliphatic rings. The number of rotatable bonds is 3. The van der Waals surface area contributed by atoms with E-state index in [9.17, 15) is 17.8 Å². The summed E-state index contributed by atoms with van der Waals surface area (Å²) < 4.78 is 246. The Bertz CT molecular complexity index is 4540. The molecule has 11 rings (SSSR count). The Morgan fingerprint density at radius 1 is 0.271 bits per heavy atom. The van der Waals surface area contributed by atoms with Gasteiger partial charge in [0.25, 0.3) is 0 Å². The fraction of sp³-hybridized carbons (Fsp3) is 0. The lowest BCUT2D eigenvalue weighted by Crippen LogP contribution is -1.91. The van der Waals surface area contributed by atoms with E-state index in [4.69, 9.17) is 19.2 Å². The zero-order valence-electron chi connectivity index (χ0n) is 51.1. The van der Waals surface area contributed by atoms with Crippen molar-refractivity contribution in [3.63, 3.8) is 0 Å². The molecule has 48 heavy (non-hydrogen) atoms. The van der Waals surface area contributed by atoms with E-state index < -0.39 is 229 Å². The van der Waals surface area contributed by atoms with Crippen LogP contribution in [0.25, 0.3) is 109 Å². The van der Waals surface area contributed by atoms with Crippen LogP contribution in [0.3, 0.4) is 0 Å². The first-order valence-electron chi connectivity index (χ1n) is 28.1. The van der Waals surface area contributed by atoms with E-state index in [1.165, 1.54) is 0 Å². The van der Waals surface area contributed by atoms with Gasteiger partial charge >= 0.3 is 0 Å². The average Bonchev–Trinajstić information content (AvgIpc) is 3.38. The Morgan fingerprint density at radius 2 is 0.750 bits per heavy atom. The third kappa shape index (κ3) is 3.55. The molecule has 0 heterocycles. The van der Waals surface area contributed by atoms with Gasteiger partial charge in [-0.3, -0.25) is 0 Å². The summed E-state index contributed by atoms with van der Waals surface area (Å²) in [5.74, 6) is 0. The highest BCUT2D eigenvalue weighted by atomic mass is 14.2. The summed E-state index contributed by atoms with van der Waals surface area (Å²) in [6.45, 7) is 0. The Kier molecular flexibility index (Phi) is 2.25. The van der Waals surface area contributed by atoms with Gasteiger partial charge in [-0.1, -0.05) is 169 Å². The lowest BCUT2D eigenvalue weighted by atomic mass is 9.85. The van der Waals surface area contributed by atoms with E-state index in [2.05, 4.69) is 0 Å². The molecule has 11 aromatic rings. The van der Waals surface area contributed by atoms with Gasteiger partial charge in [0.05, 0.1) is 37.0 Å². The highest BCUT2D eigenvalue weighted by Gasteiger charge is 2.18. The van der Waals surface area contributed by atoms with Crippen molar-refractivity contribution in [2.45, 2.75) is 0 Å². The minimum absolute atomic E-state index is 0.157. The van der Waals surface area contributed by atoms with Crippen LogP contribution in [0.1, 0.15) is 37.0 Å². The highest BCUT2D eigenvalue weighted by Crippen LogP contribution is 2.45. The van der Waals surface area contributed by atoms with Crippen molar-refractivity contribution in [2.75, 3.05) is 0 Å². The molecular weight excluding hydrogens is 577 g/mol. The molecule has 0 bridgehead atoms. The molecule has 0 radical (unpaired) electrons. The van der Waals surface area contributed by atoms with E-state index >= 15 is 0 Å². The van der Waals surface area contributed by atoms with Gasteiger partial charge in [0.15, 0.2) is 0 Å². The fourth-order valence-electron chi connectivity index (χ4n) is 6.49. The maximum atomic E-state index is 9.77. The van der Waals surface area contributed by atoms with E-state index in [0.717, 1.165) is 6.07 Å². The predicted octanol–water partition coefficient (Wildman–Crippen LogP) is 13.6. The first-order valence-corrected chi connectivity index (χ1v) is 14.6. The summed E-state index contributed by atoms with van der Waals surface area (Å²) in [5.41, 5.74) is -4.37. The maximum Gasteiger partial charge on any atom is 0.0630 e. The van der Waals surface area contributed by atoms with Gasteiger partial charge in [-0.25, -0.2) is 0 Å². The summed E-state index contributed by atoms with van der Waals surface area (Å²) in [7, 11) is 0. The second-order valence-corrected chi connectivity index (χ2v) is 11.1. The molecule has 0 fully saturated rings. The summed E-state index contributed by atoms with van der Waals surface area (Å²) in [6.07, 6.45) is 0. The van der Waals surface area contributed by atoms with Crippen molar-refractivity contribution in [1.82, 2.24) is 0 Å². The SMILES string of the molecule is [2H]c1c([2H])c(-c2c(-c3c([2H])c([2H])c4c([2H])c([2H])c5c([2H])c([2H])c([2H])c6c([2H])c([2H])c3c4c56)c([2H])c([2H])c3c([2H])c([2H])c([2H])c([2H])c23)c([2H])c([2H])c1-c1c([2H])c([2H])c2c([2H])c([2H])c3c([2H])c([2H])c([2H])c4c([2H])cc1c2c43.